The minimum absolute atomic E-state index is 0.109. The van der Waals surface area contributed by atoms with Gasteiger partial charge in [0.2, 0.25) is 10.0 Å². The highest BCUT2D eigenvalue weighted by Crippen LogP contribution is 2.30. The van der Waals surface area contributed by atoms with Crippen LogP contribution in [0.15, 0.2) is 18.3 Å². The summed E-state index contributed by atoms with van der Waals surface area (Å²) < 4.78 is 62.7. The van der Waals surface area contributed by atoms with Gasteiger partial charge >= 0.3 is 6.18 Å². The molecular weight excluding hydrogens is 307 g/mol. The maximum absolute atomic E-state index is 12.9. The quantitative estimate of drug-likeness (QED) is 0.838. The van der Waals surface area contributed by atoms with Crippen molar-refractivity contribution in [2.75, 3.05) is 32.4 Å². The number of hydrogen-bond donors (Lipinski definition) is 0. The summed E-state index contributed by atoms with van der Waals surface area (Å²) in [6.07, 6.45) is -2.23. The average Bonchev–Trinajstić information content (AvgIpc) is 2.37. The molecule has 0 N–H and O–H groups in total. The highest BCUT2D eigenvalue weighted by atomic mass is 32.2. The first-order valence-electron chi connectivity index (χ1n) is 6.36. The van der Waals surface area contributed by atoms with Crippen molar-refractivity contribution in [1.29, 1.82) is 0 Å². The first-order valence-corrected chi connectivity index (χ1v) is 8.21. The lowest BCUT2D eigenvalue weighted by Crippen LogP contribution is -2.48. The molecule has 1 saturated heterocycles. The Bertz CT molecular complexity index is 596. The molecule has 1 aliphatic rings. The molecule has 5 nitrogen and oxygen atoms in total. The topological polar surface area (TPSA) is 53.5 Å². The summed E-state index contributed by atoms with van der Waals surface area (Å²) in [5, 5.41) is 0. The van der Waals surface area contributed by atoms with Gasteiger partial charge in [-0.2, -0.15) is 17.5 Å². The predicted octanol–water partition coefficient (Wildman–Crippen LogP) is 1.18. The summed E-state index contributed by atoms with van der Waals surface area (Å²) in [4.78, 5) is 5.21. The van der Waals surface area contributed by atoms with Crippen LogP contribution in [0.4, 0.5) is 13.2 Å². The zero-order valence-electron chi connectivity index (χ0n) is 11.5. The van der Waals surface area contributed by atoms with E-state index in [1.165, 1.54) is 16.4 Å². The Morgan fingerprint density at radius 1 is 1.24 bits per heavy atom. The molecule has 1 aliphatic heterocycles. The van der Waals surface area contributed by atoms with E-state index in [0.717, 1.165) is 12.5 Å². The number of hydrogen-bond acceptors (Lipinski definition) is 4. The number of pyridine rings is 1. The number of nitrogens with zero attached hydrogens (tertiary/aromatic N) is 3. The van der Waals surface area contributed by atoms with E-state index in [2.05, 4.69) is 4.98 Å². The van der Waals surface area contributed by atoms with Crippen LogP contribution in [0.2, 0.25) is 0 Å². The van der Waals surface area contributed by atoms with E-state index < -0.39 is 21.9 Å². The van der Waals surface area contributed by atoms with Crippen molar-refractivity contribution < 1.29 is 21.6 Å². The summed E-state index contributed by atoms with van der Waals surface area (Å²) >= 11 is 0. The third kappa shape index (κ3) is 4.14. The molecule has 0 radical (unpaired) electrons. The van der Waals surface area contributed by atoms with Gasteiger partial charge in [0.05, 0.1) is 6.26 Å². The van der Waals surface area contributed by atoms with Crippen LogP contribution in [-0.2, 0) is 22.7 Å². The van der Waals surface area contributed by atoms with Crippen molar-refractivity contribution in [2.24, 2.45) is 0 Å². The first-order chi connectivity index (χ1) is 9.68. The molecule has 9 heteroatoms. The van der Waals surface area contributed by atoms with E-state index in [1.54, 1.807) is 4.90 Å². The van der Waals surface area contributed by atoms with Crippen LogP contribution < -0.4 is 0 Å². The second-order valence-electron chi connectivity index (χ2n) is 4.95. The van der Waals surface area contributed by atoms with Gasteiger partial charge in [-0.05, 0) is 11.6 Å². The van der Waals surface area contributed by atoms with E-state index in [9.17, 15) is 21.6 Å². The normalized spacial score (nSPS) is 18.9. The number of halogens is 3. The summed E-state index contributed by atoms with van der Waals surface area (Å²) in [6, 6.07) is 2.87. The van der Waals surface area contributed by atoms with Crippen molar-refractivity contribution in [1.82, 2.24) is 14.2 Å². The van der Waals surface area contributed by atoms with Crippen LogP contribution >= 0.6 is 0 Å². The molecule has 0 unspecified atom stereocenters. The third-order valence-electron chi connectivity index (χ3n) is 3.35. The fourth-order valence-electron chi connectivity index (χ4n) is 2.28. The fourth-order valence-corrected chi connectivity index (χ4v) is 3.11. The fraction of sp³-hybridized carbons (Fsp3) is 0.583. The molecule has 0 amide bonds. The summed E-state index contributed by atoms with van der Waals surface area (Å²) in [5.41, 5.74) is -0.770. The molecule has 0 aliphatic carbocycles. The zero-order chi connectivity index (χ0) is 15.7. The molecule has 1 fully saturated rings. The standard InChI is InChI=1S/C12H16F3N3O2S/c1-21(19,20)18-7-5-17(6-8-18)9-10-3-2-4-16-11(10)12(13,14)15/h2-4H,5-9H2,1H3. The molecule has 118 valence electrons. The van der Waals surface area contributed by atoms with Crippen molar-refractivity contribution in [3.05, 3.63) is 29.6 Å². The highest BCUT2D eigenvalue weighted by molar-refractivity contribution is 7.88. The van der Waals surface area contributed by atoms with Gasteiger partial charge in [0.15, 0.2) is 0 Å². The number of rotatable bonds is 3. The van der Waals surface area contributed by atoms with E-state index >= 15 is 0 Å². The molecule has 0 atom stereocenters. The molecule has 0 saturated carbocycles. The minimum Gasteiger partial charge on any atom is -0.296 e. The Balaban J connectivity index is 2.05. The van der Waals surface area contributed by atoms with Gasteiger partial charge in [0.25, 0.3) is 0 Å². The monoisotopic (exact) mass is 323 g/mol. The van der Waals surface area contributed by atoms with Crippen LogP contribution in [0.25, 0.3) is 0 Å². The molecule has 21 heavy (non-hydrogen) atoms. The number of sulfonamides is 1. The molecule has 0 spiro atoms. The maximum atomic E-state index is 12.9. The minimum atomic E-state index is -4.48. The number of aromatic nitrogens is 1. The van der Waals surface area contributed by atoms with Crippen LogP contribution in [0.5, 0.6) is 0 Å². The zero-order valence-corrected chi connectivity index (χ0v) is 12.3. The SMILES string of the molecule is CS(=O)(=O)N1CCN(Cc2cccnc2C(F)(F)F)CC1. The van der Waals surface area contributed by atoms with E-state index in [0.29, 0.717) is 26.2 Å². The Morgan fingerprint density at radius 3 is 2.38 bits per heavy atom. The molecule has 2 rings (SSSR count). The van der Waals surface area contributed by atoms with Gasteiger partial charge in [0.1, 0.15) is 5.69 Å². The van der Waals surface area contributed by atoms with Crippen LogP contribution in [0, 0.1) is 0 Å². The van der Waals surface area contributed by atoms with Crippen LogP contribution in [0.3, 0.4) is 0 Å². The summed E-state index contributed by atoms with van der Waals surface area (Å²) in [5.74, 6) is 0. The van der Waals surface area contributed by atoms with Crippen molar-refractivity contribution in [3.63, 3.8) is 0 Å². The van der Waals surface area contributed by atoms with Gasteiger partial charge in [-0.15, -0.1) is 0 Å². The Labute approximate surface area is 121 Å². The Hall–Kier alpha value is -1.19. The summed E-state index contributed by atoms with van der Waals surface area (Å²) in [6.45, 7) is 1.50. The van der Waals surface area contributed by atoms with Gasteiger partial charge in [-0.3, -0.25) is 9.88 Å². The molecule has 1 aromatic rings. The summed E-state index contributed by atoms with van der Waals surface area (Å²) in [7, 11) is -3.24. The van der Waals surface area contributed by atoms with E-state index in [4.69, 9.17) is 0 Å². The van der Waals surface area contributed by atoms with Crippen molar-refractivity contribution in [2.45, 2.75) is 12.7 Å². The van der Waals surface area contributed by atoms with Crippen molar-refractivity contribution in [3.8, 4) is 0 Å². The lowest BCUT2D eigenvalue weighted by molar-refractivity contribution is -0.142. The molecule has 1 aromatic heterocycles. The molecule has 0 aromatic carbocycles. The van der Waals surface area contributed by atoms with E-state index in [-0.39, 0.29) is 12.1 Å². The number of piperazine rings is 1. The lowest BCUT2D eigenvalue weighted by Gasteiger charge is -2.33. The van der Waals surface area contributed by atoms with Gasteiger partial charge in [-0.25, -0.2) is 8.42 Å². The van der Waals surface area contributed by atoms with Crippen molar-refractivity contribution >= 4 is 10.0 Å². The first kappa shape index (κ1) is 16.2. The van der Waals surface area contributed by atoms with Crippen LogP contribution in [-0.4, -0.2) is 55.0 Å². The molecular formula is C12H16F3N3O2S. The Morgan fingerprint density at radius 2 is 1.86 bits per heavy atom. The predicted molar refractivity (Wildman–Crippen MR) is 70.9 cm³/mol. The molecule has 2 heterocycles. The van der Waals surface area contributed by atoms with E-state index in [1.807, 2.05) is 0 Å². The number of alkyl halides is 3. The third-order valence-corrected chi connectivity index (χ3v) is 4.66. The van der Waals surface area contributed by atoms with Gasteiger partial charge < -0.3 is 0 Å². The van der Waals surface area contributed by atoms with Gasteiger partial charge in [0, 0.05) is 38.9 Å². The largest absolute Gasteiger partial charge is 0.433 e. The molecule has 0 bridgehead atoms. The second-order valence-corrected chi connectivity index (χ2v) is 6.93. The Kier molecular flexibility index (Phi) is 4.54. The second kappa shape index (κ2) is 5.90. The van der Waals surface area contributed by atoms with Crippen LogP contribution in [0.1, 0.15) is 11.3 Å². The maximum Gasteiger partial charge on any atom is 0.433 e. The smallest absolute Gasteiger partial charge is 0.296 e. The lowest BCUT2D eigenvalue weighted by atomic mass is 10.1. The van der Waals surface area contributed by atoms with Gasteiger partial charge in [-0.1, -0.05) is 6.07 Å². The average molecular weight is 323 g/mol. The highest BCUT2D eigenvalue weighted by Gasteiger charge is 2.35.